The van der Waals surface area contributed by atoms with Crippen molar-refractivity contribution in [2.24, 2.45) is 0 Å². The summed E-state index contributed by atoms with van der Waals surface area (Å²) in [5.74, 6) is -0.600. The Hall–Kier alpha value is -3.15. The SMILES string of the molecule is CN(C(=O)CCCN1C(=O)c2ccccc2C1=O)c1ccc(O)cc1. The van der Waals surface area contributed by atoms with E-state index < -0.39 is 0 Å². The number of hydrogen-bond donors (Lipinski definition) is 1. The van der Waals surface area contributed by atoms with Crippen molar-refractivity contribution in [1.29, 1.82) is 0 Å². The monoisotopic (exact) mass is 338 g/mol. The van der Waals surface area contributed by atoms with Crippen LogP contribution < -0.4 is 4.90 Å². The number of amides is 3. The van der Waals surface area contributed by atoms with Crippen LogP contribution in [0.3, 0.4) is 0 Å². The molecule has 1 aliphatic heterocycles. The van der Waals surface area contributed by atoms with E-state index in [0.29, 0.717) is 23.2 Å². The first kappa shape index (κ1) is 16.7. The maximum Gasteiger partial charge on any atom is 0.261 e. The van der Waals surface area contributed by atoms with Gasteiger partial charge in [-0.2, -0.15) is 0 Å². The Morgan fingerprint density at radius 3 is 2.12 bits per heavy atom. The van der Waals surface area contributed by atoms with Gasteiger partial charge in [0.05, 0.1) is 11.1 Å². The first-order valence-corrected chi connectivity index (χ1v) is 8.00. The number of aromatic hydroxyl groups is 1. The molecule has 6 heteroatoms. The minimum Gasteiger partial charge on any atom is -0.508 e. The minimum absolute atomic E-state index is 0.123. The molecule has 0 spiro atoms. The van der Waals surface area contributed by atoms with Gasteiger partial charge in [-0.25, -0.2) is 0 Å². The van der Waals surface area contributed by atoms with Crippen molar-refractivity contribution < 1.29 is 19.5 Å². The molecule has 3 amide bonds. The molecule has 0 radical (unpaired) electrons. The summed E-state index contributed by atoms with van der Waals surface area (Å²) in [7, 11) is 1.65. The summed E-state index contributed by atoms with van der Waals surface area (Å²) in [6.07, 6.45) is 0.609. The number of benzene rings is 2. The highest BCUT2D eigenvalue weighted by Gasteiger charge is 2.34. The summed E-state index contributed by atoms with van der Waals surface area (Å²) in [6, 6.07) is 13.1. The van der Waals surface area contributed by atoms with Crippen molar-refractivity contribution in [1.82, 2.24) is 4.90 Å². The zero-order valence-electron chi connectivity index (χ0n) is 13.8. The molecular formula is C19H18N2O4. The molecule has 25 heavy (non-hydrogen) atoms. The van der Waals surface area contributed by atoms with Gasteiger partial charge in [-0.15, -0.1) is 0 Å². The highest BCUT2D eigenvalue weighted by molar-refractivity contribution is 6.21. The van der Waals surface area contributed by atoms with Crippen LogP contribution >= 0.6 is 0 Å². The van der Waals surface area contributed by atoms with Crippen molar-refractivity contribution in [2.75, 3.05) is 18.5 Å². The molecule has 0 unspecified atom stereocenters. The summed E-state index contributed by atoms with van der Waals surface area (Å²) >= 11 is 0. The summed E-state index contributed by atoms with van der Waals surface area (Å²) < 4.78 is 0. The third kappa shape index (κ3) is 3.24. The lowest BCUT2D eigenvalue weighted by Crippen LogP contribution is -2.32. The fourth-order valence-electron chi connectivity index (χ4n) is 2.82. The van der Waals surface area contributed by atoms with Crippen LogP contribution in [0.1, 0.15) is 33.6 Å². The van der Waals surface area contributed by atoms with E-state index in [0.717, 1.165) is 0 Å². The van der Waals surface area contributed by atoms with Crippen molar-refractivity contribution in [3.8, 4) is 5.75 Å². The van der Waals surface area contributed by atoms with E-state index >= 15 is 0 Å². The van der Waals surface area contributed by atoms with E-state index in [1.165, 1.54) is 21.9 Å². The van der Waals surface area contributed by atoms with E-state index in [9.17, 15) is 19.5 Å². The number of carbonyl (C=O) groups excluding carboxylic acids is 3. The molecule has 0 saturated heterocycles. The van der Waals surface area contributed by atoms with Crippen LogP contribution in [-0.2, 0) is 4.79 Å². The molecule has 0 bridgehead atoms. The third-order valence-electron chi connectivity index (χ3n) is 4.26. The van der Waals surface area contributed by atoms with Crippen LogP contribution in [-0.4, -0.2) is 41.3 Å². The van der Waals surface area contributed by atoms with E-state index in [2.05, 4.69) is 0 Å². The van der Waals surface area contributed by atoms with Crippen LogP contribution in [0.2, 0.25) is 0 Å². The maximum absolute atomic E-state index is 12.3. The summed E-state index contributed by atoms with van der Waals surface area (Å²) in [4.78, 5) is 39.5. The average molecular weight is 338 g/mol. The van der Waals surface area contributed by atoms with Gasteiger partial charge < -0.3 is 10.0 Å². The van der Waals surface area contributed by atoms with Crippen LogP contribution in [0.4, 0.5) is 5.69 Å². The second-order valence-electron chi connectivity index (χ2n) is 5.88. The van der Waals surface area contributed by atoms with Crippen molar-refractivity contribution in [2.45, 2.75) is 12.8 Å². The fraction of sp³-hybridized carbons (Fsp3) is 0.211. The van der Waals surface area contributed by atoms with Gasteiger partial charge in [0.15, 0.2) is 0 Å². The van der Waals surface area contributed by atoms with Gasteiger partial charge >= 0.3 is 0 Å². The number of phenolic OH excluding ortho intramolecular Hbond substituents is 1. The van der Waals surface area contributed by atoms with Crippen LogP contribution in [0.5, 0.6) is 5.75 Å². The number of nitrogens with zero attached hydrogens (tertiary/aromatic N) is 2. The fourth-order valence-corrected chi connectivity index (χ4v) is 2.82. The van der Waals surface area contributed by atoms with Crippen molar-refractivity contribution >= 4 is 23.4 Å². The molecule has 1 heterocycles. The molecule has 1 aliphatic rings. The largest absolute Gasteiger partial charge is 0.508 e. The molecule has 2 aromatic rings. The number of hydrogen-bond acceptors (Lipinski definition) is 4. The third-order valence-corrected chi connectivity index (χ3v) is 4.26. The highest BCUT2D eigenvalue weighted by atomic mass is 16.3. The smallest absolute Gasteiger partial charge is 0.261 e. The molecule has 0 aliphatic carbocycles. The van der Waals surface area contributed by atoms with E-state index in [1.807, 2.05) is 0 Å². The number of phenols is 1. The number of anilines is 1. The van der Waals surface area contributed by atoms with Crippen LogP contribution in [0.15, 0.2) is 48.5 Å². The van der Waals surface area contributed by atoms with Gasteiger partial charge in [-0.05, 0) is 42.8 Å². The lowest BCUT2D eigenvalue weighted by Gasteiger charge is -2.18. The Bertz CT molecular complexity index is 795. The molecule has 0 fully saturated rings. The Morgan fingerprint density at radius 2 is 1.56 bits per heavy atom. The number of imide groups is 1. The zero-order chi connectivity index (χ0) is 18.0. The van der Waals surface area contributed by atoms with E-state index in [1.54, 1.807) is 43.4 Å². The van der Waals surface area contributed by atoms with Gasteiger partial charge in [0.1, 0.15) is 5.75 Å². The summed E-state index contributed by atoms with van der Waals surface area (Å²) in [5, 5.41) is 9.29. The van der Waals surface area contributed by atoms with Gasteiger partial charge in [-0.3, -0.25) is 19.3 Å². The van der Waals surface area contributed by atoms with Crippen molar-refractivity contribution in [3.05, 3.63) is 59.7 Å². The van der Waals surface area contributed by atoms with Crippen LogP contribution in [0, 0.1) is 0 Å². The highest BCUT2D eigenvalue weighted by Crippen LogP contribution is 2.23. The van der Waals surface area contributed by atoms with Gasteiger partial charge in [0, 0.05) is 25.7 Å². The first-order chi connectivity index (χ1) is 12.0. The molecule has 128 valence electrons. The normalized spacial score (nSPS) is 13.1. The van der Waals surface area contributed by atoms with Crippen LogP contribution in [0.25, 0.3) is 0 Å². The molecule has 0 aromatic heterocycles. The predicted molar refractivity (Wildman–Crippen MR) is 92.6 cm³/mol. The molecule has 1 N–H and O–H groups in total. The Balaban J connectivity index is 1.56. The first-order valence-electron chi connectivity index (χ1n) is 8.00. The minimum atomic E-state index is -0.306. The lowest BCUT2D eigenvalue weighted by atomic mass is 10.1. The molecular weight excluding hydrogens is 320 g/mol. The van der Waals surface area contributed by atoms with Gasteiger partial charge in [0.2, 0.25) is 5.91 Å². The van der Waals surface area contributed by atoms with E-state index in [4.69, 9.17) is 0 Å². The van der Waals surface area contributed by atoms with E-state index in [-0.39, 0.29) is 36.4 Å². The van der Waals surface area contributed by atoms with Gasteiger partial charge in [-0.1, -0.05) is 12.1 Å². The number of rotatable bonds is 5. The molecule has 3 rings (SSSR count). The molecule has 6 nitrogen and oxygen atoms in total. The molecule has 0 saturated carbocycles. The Morgan fingerprint density at radius 1 is 1.00 bits per heavy atom. The number of carbonyl (C=O) groups is 3. The van der Waals surface area contributed by atoms with Gasteiger partial charge in [0.25, 0.3) is 11.8 Å². The second-order valence-corrected chi connectivity index (χ2v) is 5.88. The predicted octanol–water partition coefficient (Wildman–Crippen LogP) is 2.43. The summed E-state index contributed by atoms with van der Waals surface area (Å²) in [5.41, 5.74) is 1.50. The Kier molecular flexibility index (Phi) is 4.52. The summed E-state index contributed by atoms with van der Waals surface area (Å²) in [6.45, 7) is 0.210. The second kappa shape index (κ2) is 6.76. The van der Waals surface area contributed by atoms with Crippen molar-refractivity contribution in [3.63, 3.8) is 0 Å². The standard InChI is InChI=1S/C19H18N2O4/c1-20(13-8-10-14(22)11-9-13)17(23)7-4-12-21-18(24)15-5-2-3-6-16(15)19(21)25/h2-3,5-6,8-11,22H,4,7,12H2,1H3. The molecule has 2 aromatic carbocycles. The molecule has 0 atom stereocenters. The average Bonchev–Trinajstić information content (AvgIpc) is 2.87. The topological polar surface area (TPSA) is 77.9 Å². The lowest BCUT2D eigenvalue weighted by molar-refractivity contribution is -0.118. The quantitative estimate of drug-likeness (QED) is 0.850. The maximum atomic E-state index is 12.3. The zero-order valence-corrected chi connectivity index (χ0v) is 13.8. The number of fused-ring (bicyclic) bond motifs is 1. The Labute approximate surface area is 145 Å².